The van der Waals surface area contributed by atoms with Crippen molar-refractivity contribution in [3.05, 3.63) is 59.7 Å². The first-order valence-corrected chi connectivity index (χ1v) is 6.51. The molecule has 0 atom stereocenters. The first-order chi connectivity index (χ1) is 9.24. The van der Waals surface area contributed by atoms with E-state index in [0.717, 1.165) is 12.1 Å². The van der Waals surface area contributed by atoms with Crippen molar-refractivity contribution in [2.45, 2.75) is 25.4 Å². The van der Waals surface area contributed by atoms with Crippen LogP contribution in [-0.4, -0.2) is 6.04 Å². The Morgan fingerprint density at radius 2 is 1.58 bits per heavy atom. The summed E-state index contributed by atoms with van der Waals surface area (Å²) in [4.78, 5) is 0. The molecule has 0 aromatic heterocycles. The van der Waals surface area contributed by atoms with Crippen LogP contribution in [0.25, 0.3) is 11.1 Å². The molecule has 0 saturated heterocycles. The lowest BCUT2D eigenvalue weighted by molar-refractivity contribution is 0.589. The van der Waals surface area contributed by atoms with Crippen molar-refractivity contribution in [2.75, 3.05) is 0 Å². The normalized spacial score (nSPS) is 14.6. The summed E-state index contributed by atoms with van der Waals surface area (Å²) in [5, 5.41) is 3.41. The molecule has 0 heterocycles. The number of nitrogens with one attached hydrogen (secondary N) is 1. The number of rotatable bonds is 4. The van der Waals surface area contributed by atoms with Crippen LogP contribution in [0.4, 0.5) is 8.78 Å². The topological polar surface area (TPSA) is 12.0 Å². The largest absolute Gasteiger partial charge is 0.310 e. The Labute approximate surface area is 111 Å². The highest BCUT2D eigenvalue weighted by atomic mass is 19.1. The minimum absolute atomic E-state index is 0.0456. The molecule has 2 aromatic rings. The molecule has 1 fully saturated rings. The van der Waals surface area contributed by atoms with Crippen molar-refractivity contribution in [1.29, 1.82) is 0 Å². The quantitative estimate of drug-likeness (QED) is 0.878. The Morgan fingerprint density at radius 3 is 2.16 bits per heavy atom. The Kier molecular flexibility index (Phi) is 3.30. The number of benzene rings is 2. The van der Waals surface area contributed by atoms with Crippen molar-refractivity contribution in [3.63, 3.8) is 0 Å². The summed E-state index contributed by atoms with van der Waals surface area (Å²) < 4.78 is 27.3. The van der Waals surface area contributed by atoms with Gasteiger partial charge < -0.3 is 5.32 Å². The second-order valence-corrected chi connectivity index (χ2v) is 4.95. The Morgan fingerprint density at radius 1 is 0.947 bits per heavy atom. The minimum Gasteiger partial charge on any atom is -0.310 e. The molecule has 1 aliphatic carbocycles. The summed E-state index contributed by atoms with van der Waals surface area (Å²) in [5.41, 5.74) is 1.75. The average Bonchev–Trinajstić information content (AvgIpc) is 3.22. The van der Waals surface area contributed by atoms with E-state index in [0.29, 0.717) is 11.6 Å². The van der Waals surface area contributed by atoms with Crippen LogP contribution in [0.2, 0.25) is 0 Å². The zero-order valence-electron chi connectivity index (χ0n) is 10.5. The van der Waals surface area contributed by atoms with Gasteiger partial charge in [-0.2, -0.15) is 0 Å². The van der Waals surface area contributed by atoms with Crippen molar-refractivity contribution in [3.8, 4) is 11.1 Å². The van der Waals surface area contributed by atoms with E-state index in [-0.39, 0.29) is 5.56 Å². The van der Waals surface area contributed by atoms with Crippen LogP contribution in [0.1, 0.15) is 18.4 Å². The van der Waals surface area contributed by atoms with E-state index >= 15 is 0 Å². The molecule has 0 radical (unpaired) electrons. The first-order valence-electron chi connectivity index (χ1n) is 6.51. The fourth-order valence-electron chi connectivity index (χ4n) is 2.11. The van der Waals surface area contributed by atoms with Crippen LogP contribution in [-0.2, 0) is 6.54 Å². The van der Waals surface area contributed by atoms with Crippen molar-refractivity contribution >= 4 is 0 Å². The second kappa shape index (κ2) is 5.10. The van der Waals surface area contributed by atoms with Crippen LogP contribution < -0.4 is 5.32 Å². The molecule has 0 unspecified atom stereocenters. The zero-order chi connectivity index (χ0) is 13.2. The molecule has 2 aromatic carbocycles. The summed E-state index contributed by atoms with van der Waals surface area (Å²) >= 11 is 0. The fraction of sp³-hybridized carbons (Fsp3) is 0.250. The summed E-state index contributed by atoms with van der Waals surface area (Å²) in [6.07, 6.45) is 2.50. The zero-order valence-corrected chi connectivity index (χ0v) is 10.5. The van der Waals surface area contributed by atoms with E-state index in [1.54, 1.807) is 12.1 Å². The maximum absolute atomic E-state index is 13.6. The van der Waals surface area contributed by atoms with E-state index in [2.05, 4.69) is 5.32 Å². The van der Waals surface area contributed by atoms with Gasteiger partial charge in [-0.3, -0.25) is 0 Å². The maximum Gasteiger partial charge on any atom is 0.133 e. The summed E-state index contributed by atoms with van der Waals surface area (Å²) in [7, 11) is 0. The SMILES string of the molecule is Fc1cccc(F)c1-c1ccc(CNC2CC2)cc1. The second-order valence-electron chi connectivity index (χ2n) is 4.95. The third-order valence-electron chi connectivity index (χ3n) is 3.38. The van der Waals surface area contributed by atoms with Gasteiger partial charge in [-0.05, 0) is 36.1 Å². The predicted molar refractivity (Wildman–Crippen MR) is 71.7 cm³/mol. The summed E-state index contributed by atoms with van der Waals surface area (Å²) in [6, 6.07) is 12.0. The van der Waals surface area contributed by atoms with Gasteiger partial charge in [0, 0.05) is 12.6 Å². The molecule has 1 saturated carbocycles. The summed E-state index contributed by atoms with van der Waals surface area (Å²) in [5.74, 6) is -1.05. The molecule has 98 valence electrons. The lowest BCUT2D eigenvalue weighted by atomic mass is 10.0. The summed E-state index contributed by atoms with van der Waals surface area (Å²) in [6.45, 7) is 0.810. The van der Waals surface area contributed by atoms with Crippen molar-refractivity contribution in [2.24, 2.45) is 0 Å². The Hall–Kier alpha value is -1.74. The predicted octanol–water partition coefficient (Wildman–Crippen LogP) is 3.88. The van der Waals surface area contributed by atoms with E-state index in [9.17, 15) is 8.78 Å². The average molecular weight is 259 g/mol. The van der Waals surface area contributed by atoms with Crippen molar-refractivity contribution < 1.29 is 8.78 Å². The molecule has 0 aliphatic heterocycles. The van der Waals surface area contributed by atoms with Crippen LogP contribution in [0.5, 0.6) is 0 Å². The molecule has 0 spiro atoms. The first kappa shape index (κ1) is 12.3. The third kappa shape index (κ3) is 2.82. The highest BCUT2D eigenvalue weighted by molar-refractivity contribution is 5.65. The number of hydrogen-bond donors (Lipinski definition) is 1. The lowest BCUT2D eigenvalue weighted by Gasteiger charge is -2.07. The fourth-order valence-corrected chi connectivity index (χ4v) is 2.11. The standard InChI is InChI=1S/C16H15F2N/c17-14-2-1-3-15(18)16(14)12-6-4-11(5-7-12)10-19-13-8-9-13/h1-7,13,19H,8-10H2. The van der Waals surface area contributed by atoms with Gasteiger partial charge in [0.2, 0.25) is 0 Å². The molecular weight excluding hydrogens is 244 g/mol. The molecule has 0 bridgehead atoms. The molecular formula is C16H15F2N. The molecule has 1 nitrogen and oxygen atoms in total. The monoisotopic (exact) mass is 259 g/mol. The van der Waals surface area contributed by atoms with Crippen LogP contribution in [0.3, 0.4) is 0 Å². The highest BCUT2D eigenvalue weighted by Crippen LogP contribution is 2.26. The molecule has 1 aliphatic rings. The number of halogens is 2. The van der Waals surface area contributed by atoms with Gasteiger partial charge >= 0.3 is 0 Å². The smallest absolute Gasteiger partial charge is 0.133 e. The van der Waals surface area contributed by atoms with Gasteiger partial charge in [-0.15, -0.1) is 0 Å². The molecule has 3 heteroatoms. The minimum atomic E-state index is -0.524. The van der Waals surface area contributed by atoms with E-state index < -0.39 is 11.6 Å². The van der Waals surface area contributed by atoms with Crippen molar-refractivity contribution in [1.82, 2.24) is 5.32 Å². The van der Waals surface area contributed by atoms with Gasteiger partial charge in [-0.25, -0.2) is 8.78 Å². The molecule has 1 N–H and O–H groups in total. The van der Waals surface area contributed by atoms with Crippen LogP contribution >= 0.6 is 0 Å². The van der Waals surface area contributed by atoms with Gasteiger partial charge in [0.25, 0.3) is 0 Å². The maximum atomic E-state index is 13.6. The Balaban J connectivity index is 1.81. The van der Waals surface area contributed by atoms with Crippen LogP contribution in [0, 0.1) is 11.6 Å². The van der Waals surface area contributed by atoms with Crippen LogP contribution in [0.15, 0.2) is 42.5 Å². The Bertz CT molecular complexity index is 554. The van der Waals surface area contributed by atoms with Gasteiger partial charge in [0.15, 0.2) is 0 Å². The van der Waals surface area contributed by atoms with Gasteiger partial charge in [0.1, 0.15) is 11.6 Å². The third-order valence-corrected chi connectivity index (χ3v) is 3.38. The van der Waals surface area contributed by atoms with E-state index in [4.69, 9.17) is 0 Å². The van der Waals surface area contributed by atoms with E-state index in [1.807, 2.05) is 12.1 Å². The molecule has 19 heavy (non-hydrogen) atoms. The van der Waals surface area contributed by atoms with Gasteiger partial charge in [0.05, 0.1) is 5.56 Å². The number of hydrogen-bond acceptors (Lipinski definition) is 1. The molecule has 3 rings (SSSR count). The van der Waals surface area contributed by atoms with E-state index in [1.165, 1.54) is 31.0 Å². The lowest BCUT2D eigenvalue weighted by Crippen LogP contribution is -2.15. The molecule has 0 amide bonds. The van der Waals surface area contributed by atoms with Gasteiger partial charge in [-0.1, -0.05) is 30.3 Å². The highest BCUT2D eigenvalue weighted by Gasteiger charge is 2.19.